The first-order valence-electron chi connectivity index (χ1n) is 9.68. The van der Waals surface area contributed by atoms with Gasteiger partial charge in [-0.25, -0.2) is 0 Å². The minimum atomic E-state index is -0.871. The largest absolute Gasteiger partial charge is 0.378 e. The van der Waals surface area contributed by atoms with Gasteiger partial charge in [-0.2, -0.15) is 0 Å². The van der Waals surface area contributed by atoms with Gasteiger partial charge in [-0.15, -0.1) is 0 Å². The Morgan fingerprint density at radius 3 is 2.96 bits per heavy atom. The number of hydrogen-bond donors (Lipinski definition) is 1. The van der Waals surface area contributed by atoms with Gasteiger partial charge in [-0.1, -0.05) is 36.5 Å². The number of hydrogen-bond acceptors (Lipinski definition) is 3. The molecule has 0 radical (unpaired) electrons. The van der Waals surface area contributed by atoms with Crippen molar-refractivity contribution in [2.75, 3.05) is 13.1 Å². The molecular formula is C22H28N2O. The van der Waals surface area contributed by atoms with Crippen molar-refractivity contribution < 1.29 is 5.11 Å². The van der Waals surface area contributed by atoms with Gasteiger partial charge in [0.2, 0.25) is 0 Å². The highest BCUT2D eigenvalue weighted by molar-refractivity contribution is 5.23. The number of likely N-dealkylation sites (tertiary alicyclic amines) is 1. The van der Waals surface area contributed by atoms with Crippen LogP contribution in [-0.4, -0.2) is 33.7 Å². The lowest BCUT2D eigenvalue weighted by Crippen LogP contribution is -2.36. The second kappa shape index (κ2) is 6.94. The molecule has 5 atom stereocenters. The maximum atomic E-state index is 10.9. The molecule has 1 aromatic heterocycles. The normalized spacial score (nSPS) is 33.7. The Morgan fingerprint density at radius 1 is 1.32 bits per heavy atom. The molecule has 2 heterocycles. The smallest absolute Gasteiger partial charge is 0.126 e. The number of pyridine rings is 1. The molecule has 1 aliphatic heterocycles. The molecule has 0 unspecified atom stereocenters. The monoisotopic (exact) mass is 336 g/mol. The number of aliphatic hydroxyl groups is 1. The Balaban J connectivity index is 1.43. The highest BCUT2D eigenvalue weighted by Crippen LogP contribution is 2.47. The Morgan fingerprint density at radius 2 is 2.24 bits per heavy atom. The molecule has 1 aromatic rings. The lowest BCUT2D eigenvalue weighted by Gasteiger charge is -2.34. The van der Waals surface area contributed by atoms with Crippen molar-refractivity contribution in [3.63, 3.8) is 0 Å². The van der Waals surface area contributed by atoms with Crippen molar-refractivity contribution in [3.8, 4) is 11.8 Å². The summed E-state index contributed by atoms with van der Waals surface area (Å²) in [6.07, 6.45) is 14.4. The van der Waals surface area contributed by atoms with Crippen LogP contribution in [0, 0.1) is 29.6 Å². The van der Waals surface area contributed by atoms with Crippen molar-refractivity contribution in [1.82, 2.24) is 9.88 Å². The Labute approximate surface area is 151 Å². The topological polar surface area (TPSA) is 36.4 Å². The van der Waals surface area contributed by atoms with Crippen LogP contribution < -0.4 is 0 Å². The molecule has 3 heteroatoms. The quantitative estimate of drug-likeness (QED) is 0.677. The van der Waals surface area contributed by atoms with E-state index in [1.165, 1.54) is 31.2 Å². The first-order valence-corrected chi connectivity index (χ1v) is 9.68. The van der Waals surface area contributed by atoms with E-state index in [0.29, 0.717) is 23.8 Å². The maximum Gasteiger partial charge on any atom is 0.126 e. The van der Waals surface area contributed by atoms with Crippen LogP contribution in [0.15, 0.2) is 36.7 Å². The lowest BCUT2D eigenvalue weighted by atomic mass is 9.80. The molecule has 132 valence electrons. The molecule has 2 fully saturated rings. The van der Waals surface area contributed by atoms with Gasteiger partial charge in [0.15, 0.2) is 0 Å². The predicted molar refractivity (Wildman–Crippen MR) is 99.6 cm³/mol. The molecule has 2 bridgehead atoms. The Bertz CT molecular complexity index is 685. The van der Waals surface area contributed by atoms with Crippen LogP contribution in [0.1, 0.15) is 50.6 Å². The summed E-state index contributed by atoms with van der Waals surface area (Å²) in [5.41, 5.74) is 0.415. The number of fused-ring (bicyclic) bond motifs is 2. The molecule has 0 aromatic carbocycles. The summed E-state index contributed by atoms with van der Waals surface area (Å²) < 4.78 is 0. The Kier molecular flexibility index (Phi) is 4.67. The van der Waals surface area contributed by atoms with Crippen molar-refractivity contribution in [2.45, 2.75) is 50.7 Å². The number of allylic oxidation sites excluding steroid dienone is 2. The van der Waals surface area contributed by atoms with Gasteiger partial charge in [0.25, 0.3) is 0 Å². The average molecular weight is 336 g/mol. The minimum absolute atomic E-state index is 0.297. The average Bonchev–Trinajstić information content (AvgIpc) is 3.27. The number of rotatable bonds is 3. The fraction of sp³-hybridized carbons (Fsp3) is 0.591. The third-order valence-corrected chi connectivity index (χ3v) is 6.31. The zero-order chi connectivity index (χ0) is 17.3. The van der Waals surface area contributed by atoms with Crippen LogP contribution in [0.2, 0.25) is 0 Å². The fourth-order valence-electron chi connectivity index (χ4n) is 4.97. The van der Waals surface area contributed by atoms with Gasteiger partial charge in [-0.05, 0) is 62.6 Å². The Hall–Kier alpha value is -1.63. The van der Waals surface area contributed by atoms with Crippen molar-refractivity contribution in [3.05, 3.63) is 42.2 Å². The second-order valence-electron chi connectivity index (χ2n) is 8.10. The summed E-state index contributed by atoms with van der Waals surface area (Å²) in [6, 6.07) is 4.59. The van der Waals surface area contributed by atoms with Crippen LogP contribution in [0.3, 0.4) is 0 Å². The van der Waals surface area contributed by atoms with Crippen LogP contribution in [0.4, 0.5) is 0 Å². The summed E-state index contributed by atoms with van der Waals surface area (Å²) >= 11 is 0. The molecule has 2 aliphatic carbocycles. The molecule has 0 spiro atoms. The number of piperidine rings is 1. The van der Waals surface area contributed by atoms with Crippen LogP contribution in [-0.2, 0) is 0 Å². The van der Waals surface area contributed by atoms with E-state index < -0.39 is 5.60 Å². The molecule has 3 nitrogen and oxygen atoms in total. The second-order valence-corrected chi connectivity index (χ2v) is 8.10. The zero-order valence-electron chi connectivity index (χ0n) is 15.1. The SMILES string of the molecule is C[C@@](O)(C#CCN1CCCC[C@@H]1c1cccnc1)[C@@H]1C[C@H]2C=C[C@H]1C2. The lowest BCUT2D eigenvalue weighted by molar-refractivity contribution is 0.0430. The summed E-state index contributed by atoms with van der Waals surface area (Å²) in [4.78, 5) is 6.73. The van der Waals surface area contributed by atoms with E-state index in [4.69, 9.17) is 0 Å². The van der Waals surface area contributed by atoms with Gasteiger partial charge in [0, 0.05) is 24.4 Å². The summed E-state index contributed by atoms with van der Waals surface area (Å²) in [5.74, 6) is 8.02. The van der Waals surface area contributed by atoms with E-state index in [2.05, 4.69) is 39.9 Å². The van der Waals surface area contributed by atoms with E-state index in [9.17, 15) is 5.11 Å². The van der Waals surface area contributed by atoms with E-state index in [-0.39, 0.29) is 0 Å². The molecule has 1 N–H and O–H groups in total. The number of nitrogens with zero attached hydrogens (tertiary/aromatic N) is 2. The van der Waals surface area contributed by atoms with Crippen LogP contribution in [0.5, 0.6) is 0 Å². The standard InChI is InChI=1S/C22H28N2O/c1-22(25,20-15-17-8-9-18(20)14-17)10-5-13-24-12-3-2-7-21(24)19-6-4-11-23-16-19/h4,6,8-9,11,16-18,20-21,25H,2-3,7,12-15H2,1H3/t17-,18-,20+,21+,22+/m0/s1. The van der Waals surface area contributed by atoms with Gasteiger partial charge < -0.3 is 5.11 Å². The first kappa shape index (κ1) is 16.8. The van der Waals surface area contributed by atoms with Crippen molar-refractivity contribution in [2.24, 2.45) is 17.8 Å². The highest BCUT2D eigenvalue weighted by atomic mass is 16.3. The van der Waals surface area contributed by atoms with E-state index >= 15 is 0 Å². The van der Waals surface area contributed by atoms with Crippen molar-refractivity contribution in [1.29, 1.82) is 0 Å². The number of aromatic nitrogens is 1. The van der Waals surface area contributed by atoms with Gasteiger partial charge in [0.1, 0.15) is 5.60 Å². The van der Waals surface area contributed by atoms with Gasteiger partial charge in [0.05, 0.1) is 6.54 Å². The molecule has 1 saturated carbocycles. The summed E-state index contributed by atoms with van der Waals surface area (Å²) in [6.45, 7) is 3.72. The fourth-order valence-corrected chi connectivity index (χ4v) is 4.97. The maximum absolute atomic E-state index is 10.9. The predicted octanol–water partition coefficient (Wildman–Crippen LogP) is 3.58. The van der Waals surface area contributed by atoms with E-state index in [1.54, 1.807) is 0 Å². The molecule has 3 aliphatic rings. The van der Waals surface area contributed by atoms with Crippen LogP contribution in [0.25, 0.3) is 0 Å². The summed E-state index contributed by atoms with van der Waals surface area (Å²) in [5, 5.41) is 10.9. The van der Waals surface area contributed by atoms with E-state index in [0.717, 1.165) is 19.5 Å². The third-order valence-electron chi connectivity index (χ3n) is 6.31. The van der Waals surface area contributed by atoms with Gasteiger partial charge >= 0.3 is 0 Å². The molecule has 4 rings (SSSR count). The zero-order valence-corrected chi connectivity index (χ0v) is 15.1. The molecule has 1 saturated heterocycles. The third kappa shape index (κ3) is 3.52. The summed E-state index contributed by atoms with van der Waals surface area (Å²) in [7, 11) is 0. The highest BCUT2D eigenvalue weighted by Gasteiger charge is 2.44. The van der Waals surface area contributed by atoms with E-state index in [1.807, 2.05) is 25.4 Å². The van der Waals surface area contributed by atoms with Crippen LogP contribution >= 0.6 is 0 Å². The minimum Gasteiger partial charge on any atom is -0.378 e. The molecule has 25 heavy (non-hydrogen) atoms. The van der Waals surface area contributed by atoms with Gasteiger partial charge in [-0.3, -0.25) is 9.88 Å². The first-order chi connectivity index (χ1) is 12.1. The molecule has 0 amide bonds. The van der Waals surface area contributed by atoms with Crippen molar-refractivity contribution >= 4 is 0 Å². The molecular weight excluding hydrogens is 308 g/mol.